The minimum atomic E-state index is -0.986. The summed E-state index contributed by atoms with van der Waals surface area (Å²) >= 11 is 0. The molecule has 6 aromatic rings. The average Bonchev–Trinajstić information content (AvgIpc) is 0.882. The van der Waals surface area contributed by atoms with Gasteiger partial charge in [0.2, 0.25) is 17.7 Å². The molecule has 5 amide bonds. The number of aromatic carboxylic acids is 1. The number of amides is 5. The molecular formula is C103H140N10O16. The van der Waals surface area contributed by atoms with Crippen LogP contribution in [0, 0.1) is 87.3 Å². The average molecular weight is 1770 g/mol. The van der Waals surface area contributed by atoms with Crippen molar-refractivity contribution in [3.8, 4) is 33.4 Å². The van der Waals surface area contributed by atoms with Crippen LogP contribution in [-0.2, 0) is 48.5 Å². The number of carboxylic acids is 1. The van der Waals surface area contributed by atoms with Crippen molar-refractivity contribution in [3.63, 3.8) is 0 Å². The lowest BCUT2D eigenvalue weighted by molar-refractivity contribution is -0.183. The quantitative estimate of drug-likeness (QED) is 0.0269. The van der Waals surface area contributed by atoms with E-state index in [9.17, 15) is 64.5 Å². The Labute approximate surface area is 761 Å². The van der Waals surface area contributed by atoms with Crippen LogP contribution in [0.3, 0.4) is 0 Å². The first kappa shape index (κ1) is 95.2. The van der Waals surface area contributed by atoms with Gasteiger partial charge in [0.25, 0.3) is 11.8 Å². The summed E-state index contributed by atoms with van der Waals surface area (Å²) in [5, 5.41) is 86.9. The van der Waals surface area contributed by atoms with Crippen molar-refractivity contribution in [1.29, 1.82) is 0 Å². The van der Waals surface area contributed by atoms with Crippen LogP contribution in [0.15, 0.2) is 146 Å². The van der Waals surface area contributed by atoms with Crippen LogP contribution in [-0.4, -0.2) is 265 Å². The SMILES string of the molecule is C[C@@H]1[C@@H](NC(=O)[C@@H]2[C@H]([C@H](C)O)[C@H](CO)ON2Cc2cccc(-c3cccc(C(=O)N4CCN(C)CC4)c3)c2)C[C@H]2C[C@@H]1C2(C)C.C[C@@H]1[C@@H](NC(=O)[C@@H]2[C@H]([C@H](C)O)[C@H](CO)ON2Cc2cccc(-c3cccc(C(=O)N4CCN(C)CC4)c3)c2)C[C@H]2C[C@@H]1C2(C)C.C[C@@H]1[C@@H](NC(=O)[C@@H]2[C@H]([C@H](C)O)[C@H](CO)ON2Cc2cccc(-c3cccc(C(=O)O)c3)c2)C[C@H]2C[C@@H]1C2(C)C. The summed E-state index contributed by atoms with van der Waals surface area (Å²) in [6.45, 7) is 32.1. The Hall–Kier alpha value is -8.42. The second-order valence-corrected chi connectivity index (χ2v) is 41.5. The molecule has 0 spiro atoms. The van der Waals surface area contributed by atoms with Gasteiger partial charge in [-0.15, -0.1) is 0 Å². The number of carbonyl (C=O) groups excluding carboxylic acids is 5. The van der Waals surface area contributed by atoms with E-state index in [1.165, 1.54) is 19.3 Å². The molecule has 6 bridgehead atoms. The molecule has 0 aromatic heterocycles. The van der Waals surface area contributed by atoms with E-state index < -0.39 is 78.5 Å². The van der Waals surface area contributed by atoms with Gasteiger partial charge in [0.05, 0.1) is 63.3 Å². The molecule has 5 heterocycles. The van der Waals surface area contributed by atoms with E-state index in [2.05, 4.69) is 114 Å². The minimum Gasteiger partial charge on any atom is -0.478 e. The Bertz CT molecular complexity index is 4760. The lowest BCUT2D eigenvalue weighted by Gasteiger charge is -2.62. The molecular weight excluding hydrogens is 1630 g/mol. The third kappa shape index (κ3) is 19.7. The van der Waals surface area contributed by atoms with Crippen molar-refractivity contribution >= 4 is 35.5 Å². The highest BCUT2D eigenvalue weighted by atomic mass is 16.7. The Kier molecular flexibility index (Phi) is 29.1. The topological polar surface area (TPSA) is 330 Å². The van der Waals surface area contributed by atoms with Crippen LogP contribution < -0.4 is 16.0 Å². The number of nitrogens with one attached hydrogen (secondary N) is 3. The molecule has 9 aliphatic carbocycles. The van der Waals surface area contributed by atoms with Gasteiger partial charge in [-0.2, -0.15) is 15.2 Å². The maximum atomic E-state index is 14.0. The number of aliphatic hydroxyl groups is 6. The predicted octanol–water partition coefficient (Wildman–Crippen LogP) is 10.5. The second kappa shape index (κ2) is 39.4. The molecule has 26 nitrogen and oxygen atoms in total. The van der Waals surface area contributed by atoms with Crippen LogP contribution in [0.4, 0.5) is 0 Å². The fourth-order valence-electron chi connectivity index (χ4n) is 24.4. The first-order valence-corrected chi connectivity index (χ1v) is 47.3. The monoisotopic (exact) mass is 1770 g/mol. The number of hydrogen-bond acceptors (Lipinski definition) is 20. The standard InChI is InChI=1S/2C36H50N4O5.C31H40N2O6/c2*1-22-29-18-28(36(29,3)4)19-30(22)37-34(43)33-32(23(2)42)31(21-41)45-40(33)20-24-8-6-9-25(16-24)26-10-7-11-27(17-26)35(44)39-14-12-38(5)13-15-39;1-17-24-13-23(31(24,3)4)14-25(17)32-29(36)28-27(18(2)35)26(16-34)39-33(28)15-19-7-5-8-20(11-19)21-9-6-10-22(12-21)30(37)38/h2*6-11,16-17,22-23,28-33,41-42H,12-15,18-21H2,1-5H3,(H,37,43);5-12,17-18,23-28,34-35H,13-16H2,1-4H3,(H,32,36)(H,37,38)/t2*22-,23-,28+,29-,30-,31-,32+,33-;17-,18-,23+,24-,25-,26-,27+,28-/m000/s1. The van der Waals surface area contributed by atoms with Crippen molar-refractivity contribution in [2.45, 2.75) is 214 Å². The Morgan fingerprint density at radius 3 is 0.884 bits per heavy atom. The van der Waals surface area contributed by atoms with Crippen molar-refractivity contribution in [2.24, 2.45) is 87.3 Å². The van der Waals surface area contributed by atoms with Crippen LogP contribution >= 0.6 is 0 Å². The van der Waals surface area contributed by atoms with E-state index >= 15 is 0 Å². The first-order chi connectivity index (χ1) is 61.4. The normalized spacial score (nSPS) is 32.2. The van der Waals surface area contributed by atoms with E-state index in [1.54, 1.807) is 54.2 Å². The molecule has 14 aliphatic rings. The molecule has 0 radical (unpaired) electrons. The summed E-state index contributed by atoms with van der Waals surface area (Å²) in [6.07, 6.45) is 1.94. The molecule has 9 saturated carbocycles. The van der Waals surface area contributed by atoms with Crippen molar-refractivity contribution in [2.75, 3.05) is 86.3 Å². The smallest absolute Gasteiger partial charge is 0.335 e. The largest absolute Gasteiger partial charge is 0.478 e. The molecule has 14 fully saturated rings. The highest BCUT2D eigenvalue weighted by Crippen LogP contribution is 2.64. The number of likely N-dealkylation sites (N-methyl/N-ethyl adjacent to an activating group) is 2. The fourth-order valence-corrected chi connectivity index (χ4v) is 24.4. The van der Waals surface area contributed by atoms with Crippen LogP contribution in [0.5, 0.6) is 0 Å². The van der Waals surface area contributed by atoms with E-state index in [-0.39, 0.29) is 79.6 Å². The van der Waals surface area contributed by atoms with Crippen LogP contribution in [0.1, 0.15) is 169 Å². The number of piperazine rings is 2. The number of hydrogen-bond donors (Lipinski definition) is 10. The predicted molar refractivity (Wildman–Crippen MR) is 492 cm³/mol. The number of aliphatic hydroxyl groups excluding tert-OH is 6. The maximum Gasteiger partial charge on any atom is 0.335 e. The van der Waals surface area contributed by atoms with E-state index in [1.807, 2.05) is 125 Å². The van der Waals surface area contributed by atoms with E-state index in [0.717, 1.165) is 122 Å². The van der Waals surface area contributed by atoms with Crippen molar-refractivity contribution in [3.05, 3.63) is 179 Å². The number of rotatable bonds is 24. The molecule has 5 aliphatic heterocycles. The van der Waals surface area contributed by atoms with Gasteiger partial charge >= 0.3 is 5.97 Å². The van der Waals surface area contributed by atoms with Gasteiger partial charge in [-0.05, 0) is 248 Å². The zero-order chi connectivity index (χ0) is 92.1. The number of hydroxylamine groups is 6. The van der Waals surface area contributed by atoms with Gasteiger partial charge in [0, 0.05) is 99.4 Å². The first-order valence-electron chi connectivity index (χ1n) is 47.3. The lowest BCUT2D eigenvalue weighted by atomic mass is 9.45. The molecule has 698 valence electrons. The van der Waals surface area contributed by atoms with Crippen molar-refractivity contribution < 1.29 is 79.0 Å². The molecule has 0 unspecified atom stereocenters. The van der Waals surface area contributed by atoms with Gasteiger partial charge in [-0.25, -0.2) is 4.79 Å². The summed E-state index contributed by atoms with van der Waals surface area (Å²) in [7, 11) is 4.15. The number of fused-ring (bicyclic) bond motifs is 6. The maximum absolute atomic E-state index is 14.0. The summed E-state index contributed by atoms with van der Waals surface area (Å²) in [5.41, 5.74) is 10.6. The van der Waals surface area contributed by atoms with Gasteiger partial charge < -0.3 is 71.3 Å². The van der Waals surface area contributed by atoms with Gasteiger partial charge in [0.15, 0.2) is 0 Å². The third-order valence-corrected chi connectivity index (χ3v) is 32.9. The Morgan fingerprint density at radius 1 is 0.380 bits per heavy atom. The molecule has 6 aromatic carbocycles. The van der Waals surface area contributed by atoms with E-state index in [4.69, 9.17) is 14.5 Å². The number of nitrogens with zero attached hydrogens (tertiary/aromatic N) is 7. The Balaban J connectivity index is 0.000000149. The second-order valence-electron chi connectivity index (χ2n) is 41.5. The summed E-state index contributed by atoms with van der Waals surface area (Å²) < 4.78 is 0. The summed E-state index contributed by atoms with van der Waals surface area (Å²) in [4.78, 5) is 106. The van der Waals surface area contributed by atoms with E-state index in [0.29, 0.717) is 93.7 Å². The van der Waals surface area contributed by atoms with Gasteiger partial charge in [-0.1, -0.05) is 153 Å². The fraction of sp³-hybridized carbons (Fsp3) is 0.592. The lowest BCUT2D eigenvalue weighted by Crippen LogP contribution is -2.62. The zero-order valence-electron chi connectivity index (χ0n) is 77.8. The highest BCUT2D eigenvalue weighted by Gasteiger charge is 2.61. The van der Waals surface area contributed by atoms with Gasteiger partial charge in [-0.3, -0.25) is 38.5 Å². The molecule has 24 atom stereocenters. The summed E-state index contributed by atoms with van der Waals surface area (Å²) in [6, 6.07) is 44.0. The molecule has 5 saturated heterocycles. The molecule has 26 heteroatoms. The molecule has 129 heavy (non-hydrogen) atoms. The number of carbonyl (C=O) groups is 6. The van der Waals surface area contributed by atoms with Crippen molar-refractivity contribution in [1.82, 2.24) is 50.7 Å². The number of carboxylic acid groups (broad SMARTS) is 1. The molecule has 20 rings (SSSR count). The third-order valence-electron chi connectivity index (χ3n) is 32.9. The Morgan fingerprint density at radius 2 is 0.636 bits per heavy atom. The zero-order valence-corrected chi connectivity index (χ0v) is 77.8. The number of benzene rings is 6. The molecule has 10 N–H and O–H groups in total. The minimum absolute atomic E-state index is 0.0489. The van der Waals surface area contributed by atoms with Crippen LogP contribution in [0.2, 0.25) is 0 Å². The van der Waals surface area contributed by atoms with Gasteiger partial charge in [0.1, 0.15) is 36.4 Å². The summed E-state index contributed by atoms with van der Waals surface area (Å²) in [5.74, 6) is 1.58. The highest BCUT2D eigenvalue weighted by molar-refractivity contribution is 5.97. The van der Waals surface area contributed by atoms with Crippen LogP contribution in [0.25, 0.3) is 33.4 Å².